The Bertz CT molecular complexity index is 462. The minimum atomic E-state index is -2.80. The molecule has 0 bridgehead atoms. The molecule has 1 fully saturated rings. The topological polar surface area (TPSA) is 55.6 Å². The SMILES string of the molecule is COCC1CN(C(=O)c2cc(C)on2)CCC1(F)F. The number of amides is 1. The molecule has 5 nitrogen and oxygen atoms in total. The van der Waals surface area contributed by atoms with Gasteiger partial charge in [0.1, 0.15) is 5.76 Å². The summed E-state index contributed by atoms with van der Waals surface area (Å²) in [4.78, 5) is 13.5. The van der Waals surface area contributed by atoms with Crippen LogP contribution in [0.15, 0.2) is 10.6 Å². The first kappa shape index (κ1) is 13.9. The quantitative estimate of drug-likeness (QED) is 0.842. The Morgan fingerprint density at radius 3 is 3.00 bits per heavy atom. The van der Waals surface area contributed by atoms with E-state index in [0.29, 0.717) is 5.76 Å². The third-order valence-electron chi connectivity index (χ3n) is 3.26. The van der Waals surface area contributed by atoms with E-state index in [4.69, 9.17) is 9.26 Å². The summed E-state index contributed by atoms with van der Waals surface area (Å²) in [5, 5.41) is 3.61. The van der Waals surface area contributed by atoms with Crippen molar-refractivity contribution in [2.45, 2.75) is 19.3 Å². The molecule has 2 heterocycles. The highest BCUT2D eigenvalue weighted by atomic mass is 19.3. The van der Waals surface area contributed by atoms with E-state index in [9.17, 15) is 13.6 Å². The van der Waals surface area contributed by atoms with E-state index in [1.807, 2.05) is 0 Å². The monoisotopic (exact) mass is 274 g/mol. The molecule has 7 heteroatoms. The summed E-state index contributed by atoms with van der Waals surface area (Å²) in [6.45, 7) is 1.57. The molecule has 2 rings (SSSR count). The molecule has 0 N–H and O–H groups in total. The number of halogens is 2. The zero-order chi connectivity index (χ0) is 14.0. The average molecular weight is 274 g/mol. The van der Waals surface area contributed by atoms with Crippen LogP contribution >= 0.6 is 0 Å². The Labute approximate surface area is 109 Å². The highest BCUT2D eigenvalue weighted by molar-refractivity contribution is 5.92. The lowest BCUT2D eigenvalue weighted by Gasteiger charge is -2.37. The second kappa shape index (κ2) is 5.24. The largest absolute Gasteiger partial charge is 0.384 e. The third kappa shape index (κ3) is 2.91. The van der Waals surface area contributed by atoms with Gasteiger partial charge in [0.25, 0.3) is 11.8 Å². The number of hydrogen-bond acceptors (Lipinski definition) is 4. The van der Waals surface area contributed by atoms with Crippen LogP contribution in [-0.2, 0) is 4.74 Å². The molecule has 1 atom stereocenters. The standard InChI is InChI=1S/C12H16F2N2O3/c1-8-5-10(15-19-8)11(17)16-4-3-12(13,14)9(6-16)7-18-2/h5,9H,3-4,6-7H2,1-2H3. The molecule has 0 radical (unpaired) electrons. The first-order valence-corrected chi connectivity index (χ1v) is 6.03. The van der Waals surface area contributed by atoms with Crippen molar-refractivity contribution in [2.75, 3.05) is 26.8 Å². The predicted octanol–water partition coefficient (Wildman–Crippen LogP) is 1.73. The van der Waals surface area contributed by atoms with Crippen LogP contribution < -0.4 is 0 Å². The second-order valence-electron chi connectivity index (χ2n) is 4.74. The Morgan fingerprint density at radius 2 is 2.42 bits per heavy atom. The van der Waals surface area contributed by atoms with Crippen LogP contribution in [0.2, 0.25) is 0 Å². The lowest BCUT2D eigenvalue weighted by atomic mass is 9.94. The number of likely N-dealkylation sites (tertiary alicyclic amines) is 1. The Hall–Kier alpha value is -1.50. The molecule has 0 aromatic carbocycles. The van der Waals surface area contributed by atoms with Crippen molar-refractivity contribution in [2.24, 2.45) is 5.92 Å². The molecule has 1 aromatic rings. The Morgan fingerprint density at radius 1 is 1.68 bits per heavy atom. The molecule has 1 unspecified atom stereocenters. The summed E-state index contributed by atoms with van der Waals surface area (Å²) in [5.74, 6) is -3.65. The van der Waals surface area contributed by atoms with Gasteiger partial charge in [0.05, 0.1) is 12.5 Å². The van der Waals surface area contributed by atoms with Gasteiger partial charge >= 0.3 is 0 Å². The van der Waals surface area contributed by atoms with Crippen LogP contribution in [-0.4, -0.2) is 48.7 Å². The summed E-state index contributed by atoms with van der Waals surface area (Å²) in [7, 11) is 1.37. The molecule has 1 saturated heterocycles. The molecule has 1 aliphatic heterocycles. The molecule has 0 aliphatic carbocycles. The first-order valence-electron chi connectivity index (χ1n) is 6.03. The van der Waals surface area contributed by atoms with E-state index >= 15 is 0 Å². The number of aromatic nitrogens is 1. The minimum absolute atomic E-state index is 0.0119. The van der Waals surface area contributed by atoms with Crippen molar-refractivity contribution in [1.82, 2.24) is 10.1 Å². The number of ether oxygens (including phenoxy) is 1. The van der Waals surface area contributed by atoms with E-state index in [1.54, 1.807) is 6.92 Å². The number of methoxy groups -OCH3 is 1. The molecule has 0 spiro atoms. The zero-order valence-electron chi connectivity index (χ0n) is 10.9. The zero-order valence-corrected chi connectivity index (χ0v) is 10.9. The number of aryl methyl sites for hydroxylation is 1. The lowest BCUT2D eigenvalue weighted by molar-refractivity contribution is -0.118. The molecule has 106 valence electrons. The fraction of sp³-hybridized carbons (Fsp3) is 0.667. The van der Waals surface area contributed by atoms with Crippen LogP contribution in [0.3, 0.4) is 0 Å². The van der Waals surface area contributed by atoms with Crippen LogP contribution in [0.25, 0.3) is 0 Å². The maximum absolute atomic E-state index is 13.6. The van der Waals surface area contributed by atoms with Gasteiger partial charge in [0.15, 0.2) is 5.69 Å². The molecule has 1 amide bonds. The van der Waals surface area contributed by atoms with Crippen molar-refractivity contribution >= 4 is 5.91 Å². The summed E-state index contributed by atoms with van der Waals surface area (Å²) in [5.41, 5.74) is 0.152. The van der Waals surface area contributed by atoms with Crippen LogP contribution in [0.1, 0.15) is 22.7 Å². The van der Waals surface area contributed by atoms with Gasteiger partial charge in [-0.1, -0.05) is 5.16 Å². The maximum Gasteiger partial charge on any atom is 0.276 e. The average Bonchev–Trinajstić information content (AvgIpc) is 2.78. The Kier molecular flexibility index (Phi) is 3.84. The number of carbonyl (C=O) groups is 1. The van der Waals surface area contributed by atoms with Gasteiger partial charge in [-0.05, 0) is 6.92 Å². The van der Waals surface area contributed by atoms with Crippen molar-refractivity contribution < 1.29 is 22.8 Å². The number of rotatable bonds is 3. The summed E-state index contributed by atoms with van der Waals surface area (Å²) in [6.07, 6.45) is -0.358. The van der Waals surface area contributed by atoms with Crippen LogP contribution in [0.5, 0.6) is 0 Å². The van der Waals surface area contributed by atoms with Gasteiger partial charge in [-0.2, -0.15) is 0 Å². The molecule has 19 heavy (non-hydrogen) atoms. The smallest absolute Gasteiger partial charge is 0.276 e. The number of hydrogen-bond donors (Lipinski definition) is 0. The fourth-order valence-corrected chi connectivity index (χ4v) is 2.17. The van der Waals surface area contributed by atoms with Gasteiger partial charge in [0, 0.05) is 32.7 Å². The normalized spacial score (nSPS) is 22.5. The van der Waals surface area contributed by atoms with Crippen molar-refractivity contribution in [3.8, 4) is 0 Å². The minimum Gasteiger partial charge on any atom is -0.384 e. The van der Waals surface area contributed by atoms with Crippen LogP contribution in [0.4, 0.5) is 8.78 Å². The fourth-order valence-electron chi connectivity index (χ4n) is 2.17. The van der Waals surface area contributed by atoms with E-state index in [2.05, 4.69) is 5.16 Å². The summed E-state index contributed by atoms with van der Waals surface area (Å²) >= 11 is 0. The van der Waals surface area contributed by atoms with Gasteiger partial charge in [-0.15, -0.1) is 0 Å². The molecular formula is C12H16F2N2O3. The maximum atomic E-state index is 13.6. The van der Waals surface area contributed by atoms with Crippen LogP contribution in [0, 0.1) is 12.8 Å². The van der Waals surface area contributed by atoms with Gasteiger partial charge in [-0.3, -0.25) is 4.79 Å². The molecule has 0 saturated carbocycles. The summed E-state index contributed by atoms with van der Waals surface area (Å²) < 4.78 is 36.9. The first-order chi connectivity index (χ1) is 8.94. The number of nitrogens with zero attached hydrogens (tertiary/aromatic N) is 2. The van der Waals surface area contributed by atoms with Gasteiger partial charge < -0.3 is 14.2 Å². The third-order valence-corrected chi connectivity index (χ3v) is 3.26. The number of piperidine rings is 1. The van der Waals surface area contributed by atoms with Crippen molar-refractivity contribution in [3.05, 3.63) is 17.5 Å². The second-order valence-corrected chi connectivity index (χ2v) is 4.74. The van der Waals surface area contributed by atoms with Gasteiger partial charge in [-0.25, -0.2) is 8.78 Å². The van der Waals surface area contributed by atoms with E-state index in [1.165, 1.54) is 18.1 Å². The van der Waals surface area contributed by atoms with Crippen molar-refractivity contribution in [3.63, 3.8) is 0 Å². The highest BCUT2D eigenvalue weighted by Crippen LogP contribution is 2.34. The molecule has 1 aromatic heterocycles. The highest BCUT2D eigenvalue weighted by Gasteiger charge is 2.45. The molecule has 1 aliphatic rings. The Balaban J connectivity index is 2.08. The van der Waals surface area contributed by atoms with Crippen molar-refractivity contribution in [1.29, 1.82) is 0 Å². The predicted molar refractivity (Wildman–Crippen MR) is 62.1 cm³/mol. The molecular weight excluding hydrogens is 258 g/mol. The summed E-state index contributed by atoms with van der Waals surface area (Å²) in [6, 6.07) is 1.50. The van der Waals surface area contributed by atoms with E-state index < -0.39 is 11.8 Å². The lowest BCUT2D eigenvalue weighted by Crippen LogP contribution is -2.50. The van der Waals surface area contributed by atoms with E-state index in [-0.39, 0.29) is 37.7 Å². The number of alkyl halides is 2. The van der Waals surface area contributed by atoms with E-state index in [0.717, 1.165) is 0 Å². The van der Waals surface area contributed by atoms with Gasteiger partial charge in [0.2, 0.25) is 0 Å². The number of carbonyl (C=O) groups excluding carboxylic acids is 1.